The Bertz CT molecular complexity index is 875. The van der Waals surface area contributed by atoms with Crippen LogP contribution in [0.1, 0.15) is 33.3 Å². The van der Waals surface area contributed by atoms with Crippen LogP contribution in [0.15, 0.2) is 22.6 Å². The van der Waals surface area contributed by atoms with Crippen molar-refractivity contribution in [2.24, 2.45) is 0 Å². The van der Waals surface area contributed by atoms with E-state index >= 15 is 0 Å². The van der Waals surface area contributed by atoms with E-state index < -0.39 is 36.2 Å². The molecule has 3 rings (SSSR count). The predicted octanol–water partition coefficient (Wildman–Crippen LogP) is 3.47. The van der Waals surface area contributed by atoms with Crippen molar-refractivity contribution < 1.29 is 36.4 Å². The Balaban J connectivity index is 2.13. The van der Waals surface area contributed by atoms with Crippen molar-refractivity contribution in [2.75, 3.05) is 7.05 Å². The van der Waals surface area contributed by atoms with Gasteiger partial charge in [0, 0.05) is 18.5 Å². The fourth-order valence-electron chi connectivity index (χ4n) is 2.66. The topological polar surface area (TPSA) is 69.9 Å². The molecule has 2 aromatic rings. The second-order valence-corrected chi connectivity index (χ2v) is 7.27. The molecule has 10 heteroatoms. The number of hydrogen-bond donors (Lipinski definition) is 1. The van der Waals surface area contributed by atoms with E-state index in [0.29, 0.717) is 5.39 Å². The number of hydrogen-bond acceptors (Lipinski definition) is 5. The van der Waals surface area contributed by atoms with Crippen molar-refractivity contribution in [3.8, 4) is 5.95 Å². The van der Waals surface area contributed by atoms with Crippen LogP contribution in [-0.4, -0.2) is 31.5 Å². The Hall–Kier alpha value is -2.20. The highest BCUT2D eigenvalue weighted by Gasteiger charge is 2.52. The van der Waals surface area contributed by atoms with Crippen molar-refractivity contribution in [2.45, 2.75) is 45.1 Å². The maximum Gasteiger partial charge on any atom is 0.495 e. The molecular formula is C17H19BF3NO5. The summed E-state index contributed by atoms with van der Waals surface area (Å²) in [6, 6.07) is 3.15. The molecule has 6 nitrogen and oxygen atoms in total. The van der Waals surface area contributed by atoms with Gasteiger partial charge in [-0.05, 0) is 45.3 Å². The Morgan fingerprint density at radius 3 is 2.22 bits per heavy atom. The minimum absolute atomic E-state index is 0.0894. The molecule has 0 saturated carbocycles. The molecule has 2 heterocycles. The second-order valence-electron chi connectivity index (χ2n) is 7.27. The van der Waals surface area contributed by atoms with Gasteiger partial charge in [-0.2, -0.15) is 13.2 Å². The van der Waals surface area contributed by atoms with Gasteiger partial charge in [0.15, 0.2) is 0 Å². The van der Waals surface area contributed by atoms with Crippen LogP contribution in [0.25, 0.3) is 11.0 Å². The zero-order valence-electron chi connectivity index (χ0n) is 15.5. The molecule has 0 bridgehead atoms. The first-order chi connectivity index (χ1) is 12.3. The van der Waals surface area contributed by atoms with E-state index in [2.05, 4.69) is 5.32 Å². The van der Waals surface area contributed by atoms with Crippen molar-refractivity contribution in [3.05, 3.63) is 23.8 Å². The van der Waals surface area contributed by atoms with E-state index in [1.54, 1.807) is 27.7 Å². The first kappa shape index (κ1) is 19.6. The summed E-state index contributed by atoms with van der Waals surface area (Å²) in [7, 11) is 0.313. The van der Waals surface area contributed by atoms with Crippen LogP contribution in [0.4, 0.5) is 18.0 Å². The standard InChI is InChI=1S/C17H19BF3NO5/c1-15(2)16(3,4)27-18(26-15)11-6-9(17(19,20)21)7-12-10(11)8-13(24-12)25-14(23)22-5/h6-8H,1-5H3,(H,22,23). The molecule has 0 unspecified atom stereocenters. The third-order valence-electron chi connectivity index (χ3n) is 4.88. The molecule has 1 aromatic carbocycles. The van der Waals surface area contributed by atoms with E-state index in [0.717, 1.165) is 12.1 Å². The summed E-state index contributed by atoms with van der Waals surface area (Å²) in [4.78, 5) is 11.4. The fraction of sp³-hybridized carbons (Fsp3) is 0.471. The number of fused-ring (bicyclic) bond motifs is 1. The highest BCUT2D eigenvalue weighted by Crippen LogP contribution is 2.39. The normalized spacial score (nSPS) is 18.7. The van der Waals surface area contributed by atoms with Crippen molar-refractivity contribution >= 4 is 29.6 Å². The first-order valence-corrected chi connectivity index (χ1v) is 8.24. The van der Waals surface area contributed by atoms with Crippen LogP contribution in [0.5, 0.6) is 5.95 Å². The average molecular weight is 385 g/mol. The van der Waals surface area contributed by atoms with Crippen molar-refractivity contribution in [1.29, 1.82) is 0 Å². The molecule has 1 aliphatic rings. The number of furan rings is 1. The number of rotatable bonds is 2. The van der Waals surface area contributed by atoms with Gasteiger partial charge in [0.2, 0.25) is 0 Å². The lowest BCUT2D eigenvalue weighted by Crippen LogP contribution is -2.41. The number of benzene rings is 1. The SMILES string of the molecule is CNC(=O)Oc1cc2c(B3OC(C)(C)C(C)(C)O3)cc(C(F)(F)F)cc2o1. The fourth-order valence-corrected chi connectivity index (χ4v) is 2.66. The van der Waals surface area contributed by atoms with Crippen molar-refractivity contribution in [1.82, 2.24) is 5.32 Å². The Kier molecular flexibility index (Phi) is 4.47. The number of nitrogens with one attached hydrogen (secondary N) is 1. The summed E-state index contributed by atoms with van der Waals surface area (Å²) < 4.78 is 62.0. The van der Waals surface area contributed by atoms with Crippen LogP contribution in [0.3, 0.4) is 0 Å². The summed E-state index contributed by atoms with van der Waals surface area (Å²) in [6.45, 7) is 7.20. The molecule has 1 fully saturated rings. The minimum atomic E-state index is -4.60. The monoisotopic (exact) mass is 385 g/mol. The number of alkyl halides is 3. The number of carbonyl (C=O) groups is 1. The predicted molar refractivity (Wildman–Crippen MR) is 92.0 cm³/mol. The molecule has 27 heavy (non-hydrogen) atoms. The maximum atomic E-state index is 13.3. The zero-order valence-corrected chi connectivity index (χ0v) is 15.5. The molecule has 146 valence electrons. The van der Waals surface area contributed by atoms with Crippen LogP contribution in [0.2, 0.25) is 0 Å². The lowest BCUT2D eigenvalue weighted by molar-refractivity contribution is -0.137. The van der Waals surface area contributed by atoms with Crippen molar-refractivity contribution in [3.63, 3.8) is 0 Å². The van der Waals surface area contributed by atoms with Crippen LogP contribution in [0, 0.1) is 0 Å². The van der Waals surface area contributed by atoms with Crippen LogP contribution >= 0.6 is 0 Å². The molecule has 0 atom stereocenters. The molecular weight excluding hydrogens is 366 g/mol. The molecule has 1 amide bonds. The molecule has 0 radical (unpaired) electrons. The highest BCUT2D eigenvalue weighted by molar-refractivity contribution is 6.65. The Morgan fingerprint density at radius 2 is 1.70 bits per heavy atom. The number of carbonyl (C=O) groups excluding carboxylic acids is 1. The number of ether oxygens (including phenoxy) is 1. The van der Waals surface area contributed by atoms with Gasteiger partial charge < -0.3 is 23.8 Å². The van der Waals surface area contributed by atoms with E-state index in [-0.39, 0.29) is 17.0 Å². The molecule has 1 N–H and O–H groups in total. The van der Waals surface area contributed by atoms with E-state index in [4.69, 9.17) is 18.5 Å². The summed E-state index contributed by atoms with van der Waals surface area (Å²) in [5, 5.41) is 2.54. The number of amides is 1. The molecule has 0 spiro atoms. The van der Waals surface area contributed by atoms with E-state index in [1.165, 1.54) is 13.1 Å². The van der Waals surface area contributed by atoms with Gasteiger partial charge >= 0.3 is 19.4 Å². The maximum absolute atomic E-state index is 13.3. The van der Waals surface area contributed by atoms with Gasteiger partial charge in [-0.25, -0.2) is 4.79 Å². The third-order valence-corrected chi connectivity index (χ3v) is 4.88. The quantitative estimate of drug-likeness (QED) is 0.802. The Labute approximate surface area is 154 Å². The lowest BCUT2D eigenvalue weighted by atomic mass is 9.76. The first-order valence-electron chi connectivity index (χ1n) is 8.24. The summed E-state index contributed by atoms with van der Waals surface area (Å²) in [6.07, 6.45) is -5.40. The zero-order chi connectivity index (χ0) is 20.2. The van der Waals surface area contributed by atoms with Gasteiger partial charge in [0.25, 0.3) is 5.95 Å². The average Bonchev–Trinajstić information content (AvgIpc) is 3.02. The van der Waals surface area contributed by atoms with Gasteiger partial charge in [0.1, 0.15) is 5.58 Å². The highest BCUT2D eigenvalue weighted by atomic mass is 19.4. The summed E-state index contributed by atoms with van der Waals surface area (Å²) >= 11 is 0. The van der Waals surface area contributed by atoms with Gasteiger partial charge in [-0.1, -0.05) is 0 Å². The largest absolute Gasteiger partial charge is 0.495 e. The van der Waals surface area contributed by atoms with Gasteiger partial charge in [-0.3, -0.25) is 0 Å². The Morgan fingerprint density at radius 1 is 1.11 bits per heavy atom. The molecule has 1 aliphatic heterocycles. The van der Waals surface area contributed by atoms with Gasteiger partial charge in [0.05, 0.1) is 16.8 Å². The number of halogens is 3. The summed E-state index contributed by atoms with van der Waals surface area (Å²) in [5.41, 5.74) is -2.32. The molecule has 0 aliphatic carbocycles. The smallest absolute Gasteiger partial charge is 0.425 e. The van der Waals surface area contributed by atoms with Crippen LogP contribution in [-0.2, 0) is 15.5 Å². The van der Waals surface area contributed by atoms with E-state index in [9.17, 15) is 18.0 Å². The van der Waals surface area contributed by atoms with Crippen LogP contribution < -0.4 is 15.5 Å². The second kappa shape index (κ2) is 6.17. The summed E-state index contributed by atoms with van der Waals surface area (Å²) in [5.74, 6) is -0.235. The molecule has 1 saturated heterocycles. The lowest BCUT2D eigenvalue weighted by Gasteiger charge is -2.32. The molecule has 1 aromatic heterocycles. The third kappa shape index (κ3) is 3.51. The van der Waals surface area contributed by atoms with E-state index in [1.807, 2.05) is 0 Å². The minimum Gasteiger partial charge on any atom is -0.425 e. The van der Waals surface area contributed by atoms with Gasteiger partial charge in [-0.15, -0.1) is 0 Å².